The second-order valence-corrected chi connectivity index (χ2v) is 6.36. The van der Waals surface area contributed by atoms with Gasteiger partial charge in [-0.2, -0.15) is 0 Å². The highest BCUT2D eigenvalue weighted by atomic mass is 16.5. The van der Waals surface area contributed by atoms with Crippen molar-refractivity contribution >= 4 is 0 Å². The van der Waals surface area contributed by atoms with Crippen LogP contribution in [0, 0.1) is 6.92 Å². The summed E-state index contributed by atoms with van der Waals surface area (Å²) in [4.78, 5) is 4.46. The van der Waals surface area contributed by atoms with Gasteiger partial charge in [-0.3, -0.25) is 4.98 Å². The first-order chi connectivity index (χ1) is 12.7. The Bertz CT molecular complexity index is 828. The van der Waals surface area contributed by atoms with E-state index >= 15 is 0 Å². The van der Waals surface area contributed by atoms with Gasteiger partial charge in [0.1, 0.15) is 18.1 Å². The molecule has 26 heavy (non-hydrogen) atoms. The molecular formula is C23H25NO2. The van der Waals surface area contributed by atoms with Crippen LogP contribution in [0.15, 0.2) is 66.9 Å². The molecule has 0 amide bonds. The first kappa shape index (κ1) is 18.0. The van der Waals surface area contributed by atoms with Crippen molar-refractivity contribution in [1.82, 2.24) is 4.98 Å². The number of aryl methyl sites for hydroxylation is 2. The summed E-state index contributed by atoms with van der Waals surface area (Å²) in [5, 5.41) is 0. The van der Waals surface area contributed by atoms with Crippen LogP contribution in [0.25, 0.3) is 0 Å². The fourth-order valence-electron chi connectivity index (χ4n) is 2.71. The van der Waals surface area contributed by atoms with E-state index in [0.29, 0.717) is 13.2 Å². The summed E-state index contributed by atoms with van der Waals surface area (Å²) in [7, 11) is 0. The van der Waals surface area contributed by atoms with Crippen molar-refractivity contribution in [3.8, 4) is 11.5 Å². The number of hydrogen-bond acceptors (Lipinski definition) is 3. The average molecular weight is 347 g/mol. The lowest BCUT2D eigenvalue weighted by Crippen LogP contribution is -2.03. The second-order valence-electron chi connectivity index (χ2n) is 6.36. The van der Waals surface area contributed by atoms with Crippen molar-refractivity contribution < 1.29 is 9.47 Å². The Kier molecular flexibility index (Phi) is 6.26. The average Bonchev–Trinajstić information content (AvgIpc) is 2.67. The van der Waals surface area contributed by atoms with Gasteiger partial charge >= 0.3 is 0 Å². The van der Waals surface area contributed by atoms with E-state index in [1.54, 1.807) is 0 Å². The minimum atomic E-state index is 0.554. The van der Waals surface area contributed by atoms with Gasteiger partial charge in [0.05, 0.1) is 6.61 Å². The number of pyridine rings is 1. The predicted molar refractivity (Wildman–Crippen MR) is 105 cm³/mol. The molecule has 3 nitrogen and oxygen atoms in total. The van der Waals surface area contributed by atoms with Crippen LogP contribution in [0.2, 0.25) is 0 Å². The number of hydrogen-bond donors (Lipinski definition) is 0. The molecule has 0 unspecified atom stereocenters. The van der Waals surface area contributed by atoms with Crippen LogP contribution in [0.1, 0.15) is 29.3 Å². The highest BCUT2D eigenvalue weighted by Gasteiger charge is 2.01. The lowest BCUT2D eigenvalue weighted by molar-refractivity contribution is 0.296. The van der Waals surface area contributed by atoms with Crippen molar-refractivity contribution in [2.24, 2.45) is 0 Å². The van der Waals surface area contributed by atoms with Crippen molar-refractivity contribution in [2.75, 3.05) is 6.61 Å². The van der Waals surface area contributed by atoms with Gasteiger partial charge in [0.15, 0.2) is 0 Å². The van der Waals surface area contributed by atoms with Gasteiger partial charge in [-0.15, -0.1) is 0 Å². The predicted octanol–water partition coefficient (Wildman–Crippen LogP) is 5.15. The van der Waals surface area contributed by atoms with Crippen LogP contribution in [-0.2, 0) is 19.4 Å². The van der Waals surface area contributed by atoms with Gasteiger partial charge < -0.3 is 9.47 Å². The molecule has 3 rings (SSSR count). The summed E-state index contributed by atoms with van der Waals surface area (Å²) in [6.45, 7) is 5.37. The van der Waals surface area contributed by atoms with E-state index in [-0.39, 0.29) is 0 Å². The molecule has 134 valence electrons. The number of rotatable bonds is 8. The van der Waals surface area contributed by atoms with Crippen LogP contribution in [-0.4, -0.2) is 11.6 Å². The number of ether oxygens (including phenoxy) is 2. The maximum Gasteiger partial charge on any atom is 0.123 e. The van der Waals surface area contributed by atoms with Crippen LogP contribution in [0.5, 0.6) is 11.5 Å². The largest absolute Gasteiger partial charge is 0.493 e. The smallest absolute Gasteiger partial charge is 0.123 e. The molecule has 3 heteroatoms. The molecule has 0 atom stereocenters. The van der Waals surface area contributed by atoms with Crippen LogP contribution < -0.4 is 9.47 Å². The van der Waals surface area contributed by atoms with Crippen molar-refractivity contribution in [1.29, 1.82) is 0 Å². The normalized spacial score (nSPS) is 10.5. The Morgan fingerprint density at radius 1 is 0.846 bits per heavy atom. The Labute approximate surface area is 155 Å². The SMILES string of the molecule is CCc1ccc(CCOc2cccc(OCc3cccc(C)c3)c2)nc1. The fraction of sp³-hybridized carbons (Fsp3) is 0.261. The van der Waals surface area contributed by atoms with Crippen molar-refractivity contribution in [3.05, 3.63) is 89.2 Å². The molecule has 1 aromatic heterocycles. The molecule has 0 fully saturated rings. The van der Waals surface area contributed by atoms with Gasteiger partial charge in [-0.25, -0.2) is 0 Å². The van der Waals surface area contributed by atoms with Crippen LogP contribution in [0.4, 0.5) is 0 Å². The molecule has 0 N–H and O–H groups in total. The molecule has 3 aromatic rings. The van der Waals surface area contributed by atoms with E-state index in [2.05, 4.69) is 55.2 Å². The van der Waals surface area contributed by atoms with E-state index in [1.807, 2.05) is 30.5 Å². The highest BCUT2D eigenvalue weighted by molar-refractivity contribution is 5.33. The van der Waals surface area contributed by atoms with Gasteiger partial charge in [0.2, 0.25) is 0 Å². The van der Waals surface area contributed by atoms with Gasteiger partial charge in [0.25, 0.3) is 0 Å². The minimum absolute atomic E-state index is 0.554. The third kappa shape index (κ3) is 5.35. The zero-order valence-electron chi connectivity index (χ0n) is 15.4. The van der Waals surface area contributed by atoms with Gasteiger partial charge in [-0.1, -0.05) is 48.9 Å². The fourth-order valence-corrected chi connectivity index (χ4v) is 2.71. The molecule has 0 radical (unpaired) electrons. The third-order valence-corrected chi connectivity index (χ3v) is 4.21. The first-order valence-electron chi connectivity index (χ1n) is 9.08. The zero-order valence-corrected chi connectivity index (χ0v) is 15.4. The van der Waals surface area contributed by atoms with Crippen molar-refractivity contribution in [2.45, 2.75) is 33.3 Å². The minimum Gasteiger partial charge on any atom is -0.493 e. The zero-order chi connectivity index (χ0) is 18.2. The van der Waals surface area contributed by atoms with Gasteiger partial charge in [-0.05, 0) is 42.7 Å². The Morgan fingerprint density at radius 3 is 2.38 bits per heavy atom. The Balaban J connectivity index is 1.50. The molecule has 0 saturated heterocycles. The maximum atomic E-state index is 5.89. The highest BCUT2D eigenvalue weighted by Crippen LogP contribution is 2.21. The maximum absolute atomic E-state index is 5.89. The summed E-state index contributed by atoms with van der Waals surface area (Å²) in [5.41, 5.74) is 4.71. The molecule has 0 bridgehead atoms. The summed E-state index contributed by atoms with van der Waals surface area (Å²) in [6, 6.07) is 20.3. The molecule has 0 saturated carbocycles. The van der Waals surface area contributed by atoms with E-state index in [9.17, 15) is 0 Å². The number of nitrogens with zero attached hydrogens (tertiary/aromatic N) is 1. The summed E-state index contributed by atoms with van der Waals surface area (Å²) < 4.78 is 11.7. The summed E-state index contributed by atoms with van der Waals surface area (Å²) in [5.74, 6) is 1.63. The lowest BCUT2D eigenvalue weighted by atomic mass is 10.1. The number of benzene rings is 2. The number of aromatic nitrogens is 1. The van der Waals surface area contributed by atoms with Crippen molar-refractivity contribution in [3.63, 3.8) is 0 Å². The van der Waals surface area contributed by atoms with Gasteiger partial charge in [0, 0.05) is 24.4 Å². The lowest BCUT2D eigenvalue weighted by Gasteiger charge is -2.10. The Morgan fingerprint density at radius 2 is 1.65 bits per heavy atom. The van der Waals surface area contributed by atoms with Crippen LogP contribution in [0.3, 0.4) is 0 Å². The Hall–Kier alpha value is -2.81. The van der Waals surface area contributed by atoms with E-state index in [4.69, 9.17) is 9.47 Å². The third-order valence-electron chi connectivity index (χ3n) is 4.21. The topological polar surface area (TPSA) is 31.4 Å². The standard InChI is InChI=1S/C23H25NO2/c1-3-19-10-11-21(24-16-19)12-13-25-22-8-5-9-23(15-22)26-17-20-7-4-6-18(2)14-20/h4-11,14-16H,3,12-13,17H2,1-2H3. The molecular weight excluding hydrogens is 322 g/mol. The molecule has 2 aromatic carbocycles. The summed E-state index contributed by atoms with van der Waals surface area (Å²) >= 11 is 0. The molecule has 0 aliphatic heterocycles. The van der Waals surface area contributed by atoms with E-state index in [1.165, 1.54) is 11.1 Å². The van der Waals surface area contributed by atoms with E-state index < -0.39 is 0 Å². The molecule has 0 aliphatic carbocycles. The molecule has 0 spiro atoms. The second kappa shape index (κ2) is 9.04. The summed E-state index contributed by atoms with van der Waals surface area (Å²) in [6.07, 6.45) is 3.74. The van der Waals surface area contributed by atoms with E-state index in [0.717, 1.165) is 35.6 Å². The van der Waals surface area contributed by atoms with Crippen LogP contribution >= 0.6 is 0 Å². The molecule has 0 aliphatic rings. The monoisotopic (exact) mass is 347 g/mol. The quantitative estimate of drug-likeness (QED) is 0.564. The molecule has 1 heterocycles. The first-order valence-corrected chi connectivity index (χ1v) is 9.08.